The summed E-state index contributed by atoms with van der Waals surface area (Å²) in [5.74, 6) is -0.440. The summed E-state index contributed by atoms with van der Waals surface area (Å²) in [4.78, 5) is 0. The zero-order valence-corrected chi connectivity index (χ0v) is 11.8. The minimum absolute atomic E-state index is 0.00269. The molecular formula is C13H18F3N3O2. The molecule has 0 radical (unpaired) electrons. The summed E-state index contributed by atoms with van der Waals surface area (Å²) in [5, 5.41) is 10.3. The maximum absolute atomic E-state index is 12.7. The third-order valence-electron chi connectivity index (χ3n) is 2.84. The van der Waals surface area contributed by atoms with Crippen molar-refractivity contribution in [1.29, 1.82) is 5.41 Å². The van der Waals surface area contributed by atoms with Gasteiger partial charge in [0.25, 0.3) is 0 Å². The molecule has 5 nitrogen and oxygen atoms in total. The van der Waals surface area contributed by atoms with Crippen molar-refractivity contribution < 1.29 is 22.6 Å². The van der Waals surface area contributed by atoms with E-state index in [1.165, 1.54) is 20.3 Å². The maximum atomic E-state index is 12.7. The van der Waals surface area contributed by atoms with E-state index >= 15 is 0 Å². The number of hydrogen-bond acceptors (Lipinski definition) is 4. The molecule has 0 saturated carbocycles. The Bertz CT molecular complexity index is 492. The number of amidine groups is 1. The van der Waals surface area contributed by atoms with Gasteiger partial charge in [-0.15, -0.1) is 0 Å². The second-order valence-electron chi connectivity index (χ2n) is 4.37. The fourth-order valence-electron chi connectivity index (χ4n) is 1.72. The van der Waals surface area contributed by atoms with Gasteiger partial charge >= 0.3 is 6.18 Å². The SMILES string of the molecule is COCC(CNc1ccc(C(F)(F)F)cc1C(=N)N)OC. The summed E-state index contributed by atoms with van der Waals surface area (Å²) in [6, 6.07) is 3.04. The average molecular weight is 305 g/mol. The fraction of sp³-hybridized carbons (Fsp3) is 0.462. The summed E-state index contributed by atoms with van der Waals surface area (Å²) in [5.41, 5.74) is 4.83. The first-order valence-corrected chi connectivity index (χ1v) is 6.10. The number of benzene rings is 1. The van der Waals surface area contributed by atoms with E-state index < -0.39 is 17.6 Å². The molecular weight excluding hydrogens is 287 g/mol. The Morgan fingerprint density at radius 3 is 2.52 bits per heavy atom. The molecule has 0 aliphatic heterocycles. The second-order valence-corrected chi connectivity index (χ2v) is 4.37. The predicted octanol–water partition coefficient (Wildman–Crippen LogP) is 2.06. The quantitative estimate of drug-likeness (QED) is 0.532. The van der Waals surface area contributed by atoms with Crippen LogP contribution in [0.2, 0.25) is 0 Å². The van der Waals surface area contributed by atoms with Crippen LogP contribution in [0.4, 0.5) is 18.9 Å². The zero-order chi connectivity index (χ0) is 16.0. The number of nitrogens with two attached hydrogens (primary N) is 1. The van der Waals surface area contributed by atoms with E-state index in [0.717, 1.165) is 12.1 Å². The van der Waals surface area contributed by atoms with Crippen molar-refractivity contribution in [3.63, 3.8) is 0 Å². The van der Waals surface area contributed by atoms with Crippen LogP contribution in [0.5, 0.6) is 0 Å². The molecule has 0 heterocycles. The summed E-state index contributed by atoms with van der Waals surface area (Å²) < 4.78 is 48.1. The molecule has 8 heteroatoms. The number of ether oxygens (including phenoxy) is 2. The van der Waals surface area contributed by atoms with Crippen LogP contribution >= 0.6 is 0 Å². The lowest BCUT2D eigenvalue weighted by molar-refractivity contribution is -0.137. The van der Waals surface area contributed by atoms with Gasteiger partial charge in [-0.25, -0.2) is 0 Å². The van der Waals surface area contributed by atoms with Crippen LogP contribution in [0.3, 0.4) is 0 Å². The number of alkyl halides is 3. The van der Waals surface area contributed by atoms with Crippen molar-refractivity contribution in [2.24, 2.45) is 5.73 Å². The lowest BCUT2D eigenvalue weighted by atomic mass is 10.1. The van der Waals surface area contributed by atoms with Crippen LogP contribution in [0.1, 0.15) is 11.1 Å². The zero-order valence-electron chi connectivity index (χ0n) is 11.8. The number of halogens is 3. The molecule has 1 aromatic carbocycles. The van der Waals surface area contributed by atoms with Gasteiger partial charge in [0.2, 0.25) is 0 Å². The number of hydrogen-bond donors (Lipinski definition) is 3. The van der Waals surface area contributed by atoms with Crippen LogP contribution in [0, 0.1) is 5.41 Å². The van der Waals surface area contributed by atoms with Crippen LogP contribution in [0.25, 0.3) is 0 Å². The van der Waals surface area contributed by atoms with Gasteiger partial charge in [0.1, 0.15) is 5.84 Å². The molecule has 0 fully saturated rings. The van der Waals surface area contributed by atoms with Crippen LogP contribution in [0.15, 0.2) is 18.2 Å². The Kier molecular flexibility index (Phi) is 5.98. The minimum Gasteiger partial charge on any atom is -0.384 e. The van der Waals surface area contributed by atoms with Crippen LogP contribution < -0.4 is 11.1 Å². The molecule has 1 atom stereocenters. The third-order valence-corrected chi connectivity index (χ3v) is 2.84. The highest BCUT2D eigenvalue weighted by molar-refractivity contribution is 6.00. The van der Waals surface area contributed by atoms with Crippen molar-refractivity contribution >= 4 is 11.5 Å². The average Bonchev–Trinajstić information content (AvgIpc) is 2.42. The largest absolute Gasteiger partial charge is 0.416 e. The van der Waals surface area contributed by atoms with E-state index in [9.17, 15) is 13.2 Å². The smallest absolute Gasteiger partial charge is 0.384 e. The number of rotatable bonds is 7. The fourth-order valence-corrected chi connectivity index (χ4v) is 1.72. The first-order chi connectivity index (χ1) is 9.79. The normalized spacial score (nSPS) is 13.0. The Balaban J connectivity index is 2.94. The summed E-state index contributed by atoms with van der Waals surface area (Å²) in [6.07, 6.45) is -4.74. The van der Waals surface area contributed by atoms with Gasteiger partial charge in [0, 0.05) is 32.0 Å². The molecule has 0 aliphatic carbocycles. The van der Waals surface area contributed by atoms with E-state index in [1.807, 2.05) is 0 Å². The molecule has 0 amide bonds. The van der Waals surface area contributed by atoms with Gasteiger partial charge in [0.05, 0.1) is 18.3 Å². The Labute approximate surface area is 120 Å². The molecule has 118 valence electrons. The second kappa shape index (κ2) is 7.28. The van der Waals surface area contributed by atoms with Crippen LogP contribution in [-0.2, 0) is 15.7 Å². The molecule has 1 rings (SSSR count). The van der Waals surface area contributed by atoms with Gasteiger partial charge in [0.15, 0.2) is 0 Å². The van der Waals surface area contributed by atoms with E-state index in [1.54, 1.807) is 0 Å². The molecule has 0 aliphatic rings. The van der Waals surface area contributed by atoms with Gasteiger partial charge in [-0.3, -0.25) is 5.41 Å². The van der Waals surface area contributed by atoms with E-state index in [-0.39, 0.29) is 11.7 Å². The molecule has 21 heavy (non-hydrogen) atoms. The molecule has 0 saturated heterocycles. The number of nitrogens with one attached hydrogen (secondary N) is 2. The Morgan fingerprint density at radius 2 is 2.05 bits per heavy atom. The third kappa shape index (κ3) is 4.91. The molecule has 0 spiro atoms. The van der Waals surface area contributed by atoms with Gasteiger partial charge < -0.3 is 20.5 Å². The molecule has 4 N–H and O–H groups in total. The minimum atomic E-state index is -4.48. The van der Waals surface area contributed by atoms with Crippen molar-refractivity contribution in [3.05, 3.63) is 29.3 Å². The summed E-state index contributed by atoms with van der Waals surface area (Å²) in [7, 11) is 3.02. The van der Waals surface area contributed by atoms with Crippen molar-refractivity contribution in [1.82, 2.24) is 0 Å². The predicted molar refractivity (Wildman–Crippen MR) is 73.6 cm³/mol. The standard InChI is InChI=1S/C13H18F3N3O2/c1-20-7-9(21-2)6-19-11-4-3-8(13(14,15)16)5-10(11)12(17)18/h3-5,9,19H,6-7H2,1-2H3,(H3,17,18). The molecule has 1 aromatic rings. The molecule has 1 unspecified atom stereocenters. The Morgan fingerprint density at radius 1 is 1.38 bits per heavy atom. The van der Waals surface area contributed by atoms with E-state index in [0.29, 0.717) is 18.8 Å². The van der Waals surface area contributed by atoms with Gasteiger partial charge in [-0.05, 0) is 18.2 Å². The highest BCUT2D eigenvalue weighted by atomic mass is 19.4. The maximum Gasteiger partial charge on any atom is 0.416 e. The van der Waals surface area contributed by atoms with Gasteiger partial charge in [-0.2, -0.15) is 13.2 Å². The number of nitrogen functional groups attached to an aromatic ring is 1. The number of methoxy groups -OCH3 is 2. The molecule has 0 bridgehead atoms. The summed E-state index contributed by atoms with van der Waals surface area (Å²) in [6.45, 7) is 0.648. The van der Waals surface area contributed by atoms with E-state index in [4.69, 9.17) is 20.6 Å². The first-order valence-electron chi connectivity index (χ1n) is 6.10. The van der Waals surface area contributed by atoms with E-state index in [2.05, 4.69) is 5.32 Å². The van der Waals surface area contributed by atoms with Crippen molar-refractivity contribution in [2.75, 3.05) is 32.7 Å². The van der Waals surface area contributed by atoms with Crippen molar-refractivity contribution in [3.8, 4) is 0 Å². The molecule has 0 aromatic heterocycles. The highest BCUT2D eigenvalue weighted by Crippen LogP contribution is 2.31. The highest BCUT2D eigenvalue weighted by Gasteiger charge is 2.31. The lowest BCUT2D eigenvalue weighted by Crippen LogP contribution is -2.27. The Hall–Kier alpha value is -1.80. The number of anilines is 1. The topological polar surface area (TPSA) is 80.4 Å². The van der Waals surface area contributed by atoms with Crippen LogP contribution in [-0.4, -0.2) is 39.3 Å². The monoisotopic (exact) mass is 305 g/mol. The summed E-state index contributed by atoms with van der Waals surface area (Å²) >= 11 is 0. The van der Waals surface area contributed by atoms with Gasteiger partial charge in [-0.1, -0.05) is 0 Å². The first kappa shape index (κ1) is 17.3. The lowest BCUT2D eigenvalue weighted by Gasteiger charge is -2.18. The van der Waals surface area contributed by atoms with Crippen molar-refractivity contribution in [2.45, 2.75) is 12.3 Å².